The Hall–Kier alpha value is -1.38. The van der Waals surface area contributed by atoms with E-state index in [1.807, 2.05) is 12.5 Å². The van der Waals surface area contributed by atoms with E-state index in [9.17, 15) is 0 Å². The summed E-state index contributed by atoms with van der Waals surface area (Å²) in [6.45, 7) is 8.66. The van der Waals surface area contributed by atoms with Crippen molar-refractivity contribution in [1.29, 1.82) is 0 Å². The normalized spacial score (nSPS) is 12.3. The number of hydrogen-bond donors (Lipinski definition) is 0. The predicted octanol–water partition coefficient (Wildman–Crippen LogP) is 2.75. The van der Waals surface area contributed by atoms with Crippen LogP contribution in [0.25, 0.3) is 11.0 Å². The average Bonchev–Trinajstić information content (AvgIpc) is 2.59. The highest BCUT2D eigenvalue weighted by atomic mass is 15.1. The summed E-state index contributed by atoms with van der Waals surface area (Å²) in [5.41, 5.74) is 3.34. The van der Waals surface area contributed by atoms with Crippen LogP contribution in [-0.2, 0) is 12.0 Å². The molecule has 15 heavy (non-hydrogen) atoms. The quantitative estimate of drug-likeness (QED) is 0.713. The minimum Gasteiger partial charge on any atom is -0.325 e. The maximum atomic E-state index is 4.36. The Morgan fingerprint density at radius 3 is 2.60 bits per heavy atom. The van der Waals surface area contributed by atoms with E-state index in [2.05, 4.69) is 48.3 Å². The molecule has 0 spiro atoms. The van der Waals surface area contributed by atoms with E-state index < -0.39 is 0 Å². The number of nitrogens with zero attached hydrogens (tertiary/aromatic N) is 3. The van der Waals surface area contributed by atoms with Crippen molar-refractivity contribution in [2.75, 3.05) is 0 Å². The van der Waals surface area contributed by atoms with Gasteiger partial charge >= 0.3 is 0 Å². The number of aromatic nitrogens is 3. The molecule has 0 saturated carbocycles. The zero-order chi connectivity index (χ0) is 11.1. The van der Waals surface area contributed by atoms with E-state index >= 15 is 0 Å². The van der Waals surface area contributed by atoms with Crippen molar-refractivity contribution in [3.63, 3.8) is 0 Å². The number of fused-ring (bicyclic) bond motifs is 1. The zero-order valence-corrected chi connectivity index (χ0v) is 9.78. The summed E-state index contributed by atoms with van der Waals surface area (Å²) in [5, 5.41) is 0. The molecule has 3 heteroatoms. The second-order valence-corrected chi connectivity index (χ2v) is 4.80. The summed E-state index contributed by atoms with van der Waals surface area (Å²) >= 11 is 0. The SMILES string of the molecule is CCc1cc2c(cn1)ncn2C(C)(C)C. The number of pyridine rings is 1. The Morgan fingerprint density at radius 2 is 2.00 bits per heavy atom. The van der Waals surface area contributed by atoms with E-state index in [-0.39, 0.29) is 5.54 Å². The lowest BCUT2D eigenvalue weighted by atomic mass is 10.1. The van der Waals surface area contributed by atoms with E-state index in [4.69, 9.17) is 0 Å². The molecule has 0 aliphatic heterocycles. The molecule has 0 bridgehead atoms. The van der Waals surface area contributed by atoms with Crippen LogP contribution in [0.1, 0.15) is 33.4 Å². The van der Waals surface area contributed by atoms with Gasteiger partial charge in [0.2, 0.25) is 0 Å². The molecule has 0 N–H and O–H groups in total. The van der Waals surface area contributed by atoms with Gasteiger partial charge in [0.15, 0.2) is 0 Å². The molecule has 0 unspecified atom stereocenters. The fraction of sp³-hybridized carbons (Fsp3) is 0.500. The van der Waals surface area contributed by atoms with Crippen molar-refractivity contribution >= 4 is 11.0 Å². The van der Waals surface area contributed by atoms with Gasteiger partial charge in [-0.05, 0) is 33.3 Å². The summed E-state index contributed by atoms with van der Waals surface area (Å²) in [7, 11) is 0. The van der Waals surface area contributed by atoms with Crippen LogP contribution in [0.15, 0.2) is 18.6 Å². The van der Waals surface area contributed by atoms with Crippen LogP contribution in [0.4, 0.5) is 0 Å². The molecular formula is C12H17N3. The Balaban J connectivity index is 2.67. The Kier molecular flexibility index (Phi) is 2.25. The van der Waals surface area contributed by atoms with Crippen LogP contribution >= 0.6 is 0 Å². The van der Waals surface area contributed by atoms with E-state index in [0.717, 1.165) is 17.6 Å². The van der Waals surface area contributed by atoms with Crippen LogP contribution < -0.4 is 0 Å². The van der Waals surface area contributed by atoms with Gasteiger partial charge in [0.05, 0.1) is 18.0 Å². The molecular weight excluding hydrogens is 186 g/mol. The largest absolute Gasteiger partial charge is 0.325 e. The first kappa shape index (κ1) is 10.1. The van der Waals surface area contributed by atoms with Gasteiger partial charge < -0.3 is 4.57 Å². The van der Waals surface area contributed by atoms with Crippen LogP contribution in [0, 0.1) is 0 Å². The van der Waals surface area contributed by atoms with Crippen molar-refractivity contribution in [2.24, 2.45) is 0 Å². The lowest BCUT2D eigenvalue weighted by Gasteiger charge is -2.21. The first-order valence-electron chi connectivity index (χ1n) is 5.35. The molecule has 2 rings (SSSR count). The Labute approximate surface area is 90.2 Å². The molecule has 3 nitrogen and oxygen atoms in total. The minimum absolute atomic E-state index is 0.0706. The number of imidazole rings is 1. The maximum absolute atomic E-state index is 4.36. The standard InChI is InChI=1S/C12H17N3/c1-5-9-6-11-10(7-13-9)14-8-15(11)12(2,3)4/h6-8H,5H2,1-4H3. The van der Waals surface area contributed by atoms with Gasteiger partial charge in [-0.15, -0.1) is 0 Å². The Morgan fingerprint density at radius 1 is 1.27 bits per heavy atom. The third-order valence-electron chi connectivity index (χ3n) is 2.58. The van der Waals surface area contributed by atoms with Crippen molar-refractivity contribution in [3.8, 4) is 0 Å². The highest BCUT2D eigenvalue weighted by Crippen LogP contribution is 2.21. The monoisotopic (exact) mass is 203 g/mol. The fourth-order valence-electron chi connectivity index (χ4n) is 1.68. The van der Waals surface area contributed by atoms with Gasteiger partial charge in [0.25, 0.3) is 0 Å². The van der Waals surface area contributed by atoms with Gasteiger partial charge in [-0.1, -0.05) is 6.92 Å². The topological polar surface area (TPSA) is 30.7 Å². The van der Waals surface area contributed by atoms with Gasteiger partial charge in [-0.25, -0.2) is 4.98 Å². The summed E-state index contributed by atoms with van der Waals surface area (Å²) in [6.07, 6.45) is 4.72. The number of rotatable bonds is 1. The van der Waals surface area contributed by atoms with Crippen LogP contribution in [0.2, 0.25) is 0 Å². The summed E-state index contributed by atoms with van der Waals surface area (Å²) in [5.74, 6) is 0. The second kappa shape index (κ2) is 3.33. The van der Waals surface area contributed by atoms with Gasteiger partial charge in [-0.3, -0.25) is 4.98 Å². The minimum atomic E-state index is 0.0706. The summed E-state index contributed by atoms with van der Waals surface area (Å²) < 4.78 is 2.20. The summed E-state index contributed by atoms with van der Waals surface area (Å²) in [6, 6.07) is 2.13. The average molecular weight is 203 g/mol. The lowest BCUT2D eigenvalue weighted by molar-refractivity contribution is 0.408. The van der Waals surface area contributed by atoms with Crippen LogP contribution in [-0.4, -0.2) is 14.5 Å². The molecule has 0 aliphatic carbocycles. The van der Waals surface area contributed by atoms with Crippen molar-refractivity contribution in [3.05, 3.63) is 24.3 Å². The lowest BCUT2D eigenvalue weighted by Crippen LogP contribution is -2.20. The maximum Gasteiger partial charge on any atom is 0.107 e. The second-order valence-electron chi connectivity index (χ2n) is 4.80. The van der Waals surface area contributed by atoms with E-state index in [0.29, 0.717) is 0 Å². The molecule has 2 heterocycles. The smallest absolute Gasteiger partial charge is 0.107 e. The van der Waals surface area contributed by atoms with Gasteiger partial charge in [0, 0.05) is 11.2 Å². The molecule has 0 saturated heterocycles. The molecule has 0 aliphatic rings. The van der Waals surface area contributed by atoms with Crippen LogP contribution in [0.5, 0.6) is 0 Å². The molecule has 0 radical (unpaired) electrons. The van der Waals surface area contributed by atoms with Gasteiger partial charge in [0.1, 0.15) is 5.52 Å². The first-order valence-corrected chi connectivity index (χ1v) is 5.35. The third-order valence-corrected chi connectivity index (χ3v) is 2.58. The van der Waals surface area contributed by atoms with Crippen LogP contribution in [0.3, 0.4) is 0 Å². The third kappa shape index (κ3) is 1.74. The van der Waals surface area contributed by atoms with Crippen molar-refractivity contribution in [1.82, 2.24) is 14.5 Å². The molecule has 0 fully saturated rings. The zero-order valence-electron chi connectivity index (χ0n) is 9.78. The first-order chi connectivity index (χ1) is 7.02. The van der Waals surface area contributed by atoms with E-state index in [1.165, 1.54) is 5.52 Å². The van der Waals surface area contributed by atoms with Crippen molar-refractivity contribution in [2.45, 2.75) is 39.7 Å². The highest BCUT2D eigenvalue weighted by Gasteiger charge is 2.16. The number of aryl methyl sites for hydroxylation is 1. The number of hydrogen-bond acceptors (Lipinski definition) is 2. The molecule has 0 aromatic carbocycles. The molecule has 2 aromatic rings. The van der Waals surface area contributed by atoms with Crippen molar-refractivity contribution < 1.29 is 0 Å². The molecule has 0 amide bonds. The summed E-state index contributed by atoms with van der Waals surface area (Å²) in [4.78, 5) is 8.71. The molecule has 80 valence electrons. The Bertz CT molecular complexity index is 477. The molecule has 2 aromatic heterocycles. The molecule has 0 atom stereocenters. The van der Waals surface area contributed by atoms with Gasteiger partial charge in [-0.2, -0.15) is 0 Å². The highest BCUT2D eigenvalue weighted by molar-refractivity contribution is 5.74. The predicted molar refractivity (Wildman–Crippen MR) is 61.9 cm³/mol. The van der Waals surface area contributed by atoms with E-state index in [1.54, 1.807) is 0 Å². The fourth-order valence-corrected chi connectivity index (χ4v) is 1.68.